The number of thioether (sulfide) groups is 1. The van der Waals surface area contributed by atoms with Crippen molar-refractivity contribution in [1.29, 1.82) is 0 Å². The van der Waals surface area contributed by atoms with Crippen LogP contribution in [-0.4, -0.2) is 34.8 Å². The number of benzene rings is 2. The molecule has 2 N–H and O–H groups in total. The second-order valence-corrected chi connectivity index (χ2v) is 9.92. The van der Waals surface area contributed by atoms with E-state index in [1.807, 2.05) is 45.0 Å². The van der Waals surface area contributed by atoms with Crippen molar-refractivity contribution in [3.63, 3.8) is 0 Å². The molecule has 162 valence electrons. The molecule has 1 heterocycles. The Kier molecular flexibility index (Phi) is 7.29. The Balaban J connectivity index is 1.52. The van der Waals surface area contributed by atoms with Gasteiger partial charge in [-0.25, -0.2) is 0 Å². The van der Waals surface area contributed by atoms with Crippen molar-refractivity contribution in [3.8, 4) is 5.75 Å². The molecular weight excluding hydrogens is 432 g/mol. The second-order valence-electron chi connectivity index (χ2n) is 7.72. The van der Waals surface area contributed by atoms with E-state index in [9.17, 15) is 9.59 Å². The third kappa shape index (κ3) is 6.53. The van der Waals surface area contributed by atoms with E-state index in [1.165, 1.54) is 23.1 Å². The van der Waals surface area contributed by atoms with Crippen molar-refractivity contribution in [1.82, 2.24) is 10.2 Å². The Morgan fingerprint density at radius 3 is 2.26 bits per heavy atom. The fourth-order valence-corrected chi connectivity index (χ4v) is 4.05. The summed E-state index contributed by atoms with van der Waals surface area (Å²) in [6.45, 7) is 5.55. The summed E-state index contributed by atoms with van der Waals surface area (Å²) in [5.74, 6) is 0.948. The molecule has 31 heavy (non-hydrogen) atoms. The van der Waals surface area contributed by atoms with Crippen LogP contribution < -0.4 is 15.4 Å². The normalized spacial score (nSPS) is 11.1. The van der Waals surface area contributed by atoms with Gasteiger partial charge in [-0.3, -0.25) is 9.59 Å². The fraction of sp³-hybridized carbons (Fsp3) is 0.273. The van der Waals surface area contributed by atoms with Gasteiger partial charge in [-0.2, -0.15) is 0 Å². The molecule has 0 saturated carbocycles. The highest BCUT2D eigenvalue weighted by molar-refractivity contribution is 8.01. The molecule has 7 nitrogen and oxygen atoms in total. The number of carbonyl (C=O) groups is 2. The Morgan fingerprint density at radius 1 is 1.00 bits per heavy atom. The lowest BCUT2D eigenvalue weighted by Gasteiger charge is -2.17. The maximum absolute atomic E-state index is 12.5. The van der Waals surface area contributed by atoms with Crippen LogP contribution in [0.25, 0.3) is 0 Å². The molecule has 1 aromatic heterocycles. The first-order valence-corrected chi connectivity index (χ1v) is 11.4. The van der Waals surface area contributed by atoms with E-state index in [1.54, 1.807) is 31.4 Å². The number of hydrogen-bond donors (Lipinski definition) is 2. The zero-order valence-corrected chi connectivity index (χ0v) is 19.4. The third-order valence-corrected chi connectivity index (χ3v) is 6.19. The van der Waals surface area contributed by atoms with Gasteiger partial charge in [0.2, 0.25) is 11.0 Å². The van der Waals surface area contributed by atoms with Crippen LogP contribution in [0.3, 0.4) is 0 Å². The average molecular weight is 457 g/mol. The van der Waals surface area contributed by atoms with Crippen LogP contribution in [0.1, 0.15) is 31.1 Å². The van der Waals surface area contributed by atoms with Crippen LogP contribution in [0, 0.1) is 5.41 Å². The van der Waals surface area contributed by atoms with E-state index in [-0.39, 0.29) is 17.4 Å². The highest BCUT2D eigenvalue weighted by Gasteiger charge is 2.21. The summed E-state index contributed by atoms with van der Waals surface area (Å²) >= 11 is 2.73. The Hall–Kier alpha value is -2.91. The lowest BCUT2D eigenvalue weighted by atomic mass is 9.95. The Labute approximate surface area is 189 Å². The molecule has 3 rings (SSSR count). The molecule has 0 bridgehead atoms. The van der Waals surface area contributed by atoms with Gasteiger partial charge in [0.1, 0.15) is 5.75 Å². The van der Waals surface area contributed by atoms with E-state index in [0.717, 1.165) is 11.4 Å². The van der Waals surface area contributed by atoms with Gasteiger partial charge in [0.05, 0.1) is 12.9 Å². The van der Waals surface area contributed by atoms with E-state index in [4.69, 9.17) is 4.74 Å². The van der Waals surface area contributed by atoms with Gasteiger partial charge < -0.3 is 15.4 Å². The number of nitrogens with one attached hydrogen (secondary N) is 2. The molecule has 0 aliphatic carbocycles. The number of rotatable bonds is 8. The SMILES string of the molecule is COc1ccc(Nc2nnc(SCC(=O)c3ccc(NC(=O)C(C)(C)C)cc3)s2)cc1. The molecule has 0 unspecified atom stereocenters. The summed E-state index contributed by atoms with van der Waals surface area (Å²) in [4.78, 5) is 24.5. The molecule has 0 fully saturated rings. The van der Waals surface area contributed by atoms with E-state index < -0.39 is 5.41 Å². The number of Topliss-reactive ketones (excluding diaryl/α,β-unsaturated/α-hetero) is 1. The maximum Gasteiger partial charge on any atom is 0.229 e. The summed E-state index contributed by atoms with van der Waals surface area (Å²) in [7, 11) is 1.62. The lowest BCUT2D eigenvalue weighted by Crippen LogP contribution is -2.27. The van der Waals surface area contributed by atoms with Crippen LogP contribution >= 0.6 is 23.1 Å². The third-order valence-electron chi connectivity index (χ3n) is 4.22. The zero-order valence-electron chi connectivity index (χ0n) is 17.8. The Morgan fingerprint density at radius 2 is 1.65 bits per heavy atom. The van der Waals surface area contributed by atoms with E-state index >= 15 is 0 Å². The van der Waals surface area contributed by atoms with Crippen molar-refractivity contribution >= 4 is 51.3 Å². The number of ether oxygens (including phenoxy) is 1. The largest absolute Gasteiger partial charge is 0.497 e. The molecule has 0 spiro atoms. The van der Waals surface area contributed by atoms with Crippen LogP contribution in [0.2, 0.25) is 0 Å². The molecule has 0 saturated heterocycles. The summed E-state index contributed by atoms with van der Waals surface area (Å²) in [5, 5.41) is 14.9. The number of hydrogen-bond acceptors (Lipinski definition) is 8. The number of amides is 1. The molecular formula is C22H24N4O3S2. The molecule has 1 amide bonds. The molecule has 3 aromatic rings. The topological polar surface area (TPSA) is 93.2 Å². The maximum atomic E-state index is 12.5. The number of aromatic nitrogens is 2. The summed E-state index contributed by atoms with van der Waals surface area (Å²) in [6.07, 6.45) is 0. The van der Waals surface area contributed by atoms with Crippen LogP contribution in [0.15, 0.2) is 52.9 Å². The van der Waals surface area contributed by atoms with Gasteiger partial charge in [-0.05, 0) is 48.5 Å². The van der Waals surface area contributed by atoms with Gasteiger partial charge in [0, 0.05) is 22.4 Å². The monoisotopic (exact) mass is 456 g/mol. The van der Waals surface area contributed by atoms with Crippen molar-refractivity contribution in [2.45, 2.75) is 25.1 Å². The first-order chi connectivity index (χ1) is 14.7. The molecule has 0 radical (unpaired) electrons. The standard InChI is InChI=1S/C22H24N4O3S2/c1-22(2,3)19(28)23-15-7-5-14(6-8-15)18(27)13-30-21-26-25-20(31-21)24-16-9-11-17(29-4)12-10-16/h5-12H,13H2,1-4H3,(H,23,28)(H,24,25). The van der Waals surface area contributed by atoms with Gasteiger partial charge >= 0.3 is 0 Å². The molecule has 0 atom stereocenters. The smallest absolute Gasteiger partial charge is 0.229 e. The Bertz CT molecular complexity index is 1040. The first-order valence-electron chi connectivity index (χ1n) is 9.57. The minimum atomic E-state index is -0.478. The predicted molar refractivity (Wildman–Crippen MR) is 126 cm³/mol. The number of ketones is 1. The highest BCUT2D eigenvalue weighted by atomic mass is 32.2. The van der Waals surface area contributed by atoms with Crippen molar-refractivity contribution < 1.29 is 14.3 Å². The number of anilines is 3. The minimum Gasteiger partial charge on any atom is -0.497 e. The van der Waals surface area contributed by atoms with Crippen molar-refractivity contribution in [2.75, 3.05) is 23.5 Å². The molecule has 9 heteroatoms. The summed E-state index contributed by atoms with van der Waals surface area (Å²) < 4.78 is 5.85. The lowest BCUT2D eigenvalue weighted by molar-refractivity contribution is -0.123. The molecule has 0 aliphatic heterocycles. The van der Waals surface area contributed by atoms with Crippen molar-refractivity contribution in [2.24, 2.45) is 5.41 Å². The molecule has 2 aromatic carbocycles. The number of methoxy groups -OCH3 is 1. The van der Waals surface area contributed by atoms with Crippen molar-refractivity contribution in [3.05, 3.63) is 54.1 Å². The predicted octanol–water partition coefficient (Wildman–Crippen LogP) is 5.25. The van der Waals surface area contributed by atoms with Crippen LogP contribution in [0.5, 0.6) is 5.75 Å². The summed E-state index contributed by atoms with van der Waals surface area (Å²) in [6, 6.07) is 14.4. The summed E-state index contributed by atoms with van der Waals surface area (Å²) in [5.41, 5.74) is 1.65. The van der Waals surface area contributed by atoms with E-state index in [2.05, 4.69) is 20.8 Å². The number of nitrogens with zero attached hydrogens (tertiary/aromatic N) is 2. The van der Waals surface area contributed by atoms with Gasteiger partial charge in [0.25, 0.3) is 0 Å². The van der Waals surface area contributed by atoms with Crippen LogP contribution in [-0.2, 0) is 4.79 Å². The average Bonchev–Trinajstić information content (AvgIpc) is 3.19. The van der Waals surface area contributed by atoms with Gasteiger partial charge in [0.15, 0.2) is 10.1 Å². The second kappa shape index (κ2) is 9.93. The fourth-order valence-electron chi connectivity index (χ4n) is 2.39. The minimum absolute atomic E-state index is 0.0152. The molecule has 0 aliphatic rings. The first kappa shape index (κ1) is 22.8. The van der Waals surface area contributed by atoms with E-state index in [0.29, 0.717) is 20.7 Å². The number of carbonyl (C=O) groups excluding carboxylic acids is 2. The van der Waals surface area contributed by atoms with Gasteiger partial charge in [-0.1, -0.05) is 43.9 Å². The van der Waals surface area contributed by atoms with Gasteiger partial charge in [-0.15, -0.1) is 10.2 Å². The quantitative estimate of drug-likeness (QED) is 0.353. The van der Waals surface area contributed by atoms with Crippen LogP contribution in [0.4, 0.5) is 16.5 Å². The highest BCUT2D eigenvalue weighted by Crippen LogP contribution is 2.29. The zero-order chi connectivity index (χ0) is 22.4.